The Hall–Kier alpha value is -3.12. The molecule has 0 spiro atoms. The van der Waals surface area contributed by atoms with E-state index in [1.807, 2.05) is 6.20 Å². The van der Waals surface area contributed by atoms with Gasteiger partial charge in [-0.05, 0) is 43.2 Å². The fourth-order valence-corrected chi connectivity index (χ4v) is 3.69. The number of nitrogens with one attached hydrogen (secondary N) is 2. The monoisotopic (exact) mass is 377 g/mol. The fraction of sp³-hybridized carbons (Fsp3) is 0.273. The average molecular weight is 377 g/mol. The van der Waals surface area contributed by atoms with Crippen molar-refractivity contribution in [2.75, 3.05) is 18.6 Å². The normalized spacial score (nSPS) is 16.9. The fourth-order valence-electron chi connectivity index (χ4n) is 3.69. The molecule has 1 saturated heterocycles. The van der Waals surface area contributed by atoms with Gasteiger partial charge in [-0.25, -0.2) is 4.90 Å². The quantitative estimate of drug-likeness (QED) is 0.648. The molecule has 0 saturated carbocycles. The molecule has 0 radical (unpaired) electrons. The van der Waals surface area contributed by atoms with E-state index < -0.39 is 6.04 Å². The van der Waals surface area contributed by atoms with Gasteiger partial charge in [0.2, 0.25) is 5.91 Å². The number of imide groups is 1. The molecule has 3 aromatic rings. The summed E-state index contributed by atoms with van der Waals surface area (Å²) in [7, 11) is 1.56. The first kappa shape index (κ1) is 18.3. The Morgan fingerprint density at radius 1 is 1.21 bits per heavy atom. The number of rotatable bonds is 6. The second-order valence-electron chi connectivity index (χ2n) is 7.09. The van der Waals surface area contributed by atoms with Crippen molar-refractivity contribution in [2.24, 2.45) is 0 Å². The van der Waals surface area contributed by atoms with Crippen LogP contribution in [0, 0.1) is 6.92 Å². The highest BCUT2D eigenvalue weighted by Gasteiger charge is 2.39. The van der Waals surface area contributed by atoms with E-state index in [0.29, 0.717) is 18.0 Å². The Kier molecular flexibility index (Phi) is 4.88. The van der Waals surface area contributed by atoms with E-state index >= 15 is 0 Å². The van der Waals surface area contributed by atoms with Crippen LogP contribution in [-0.2, 0) is 16.0 Å². The summed E-state index contributed by atoms with van der Waals surface area (Å²) in [4.78, 5) is 29.7. The van der Waals surface area contributed by atoms with Gasteiger partial charge in [-0.2, -0.15) is 0 Å². The lowest BCUT2D eigenvalue weighted by Gasteiger charge is -2.16. The average Bonchev–Trinajstić information content (AvgIpc) is 3.22. The number of hydrogen-bond acceptors (Lipinski definition) is 4. The summed E-state index contributed by atoms with van der Waals surface area (Å²) in [6.45, 7) is 2.70. The number of aryl methyl sites for hydroxylation is 1. The summed E-state index contributed by atoms with van der Waals surface area (Å²) in [5, 5.41) is 4.45. The van der Waals surface area contributed by atoms with Crippen LogP contribution in [0.15, 0.2) is 48.7 Å². The van der Waals surface area contributed by atoms with Gasteiger partial charge in [0.1, 0.15) is 5.75 Å². The molecule has 2 N–H and O–H groups in total. The maximum absolute atomic E-state index is 12.8. The van der Waals surface area contributed by atoms with Crippen LogP contribution < -0.4 is 15.0 Å². The summed E-state index contributed by atoms with van der Waals surface area (Å²) < 4.78 is 5.19. The van der Waals surface area contributed by atoms with Gasteiger partial charge < -0.3 is 15.0 Å². The van der Waals surface area contributed by atoms with E-state index in [0.717, 1.165) is 11.9 Å². The predicted molar refractivity (Wildman–Crippen MR) is 109 cm³/mol. The van der Waals surface area contributed by atoms with Gasteiger partial charge in [0.05, 0.1) is 25.3 Å². The number of H-pyrrole nitrogens is 1. The lowest BCUT2D eigenvalue weighted by molar-refractivity contribution is -0.121. The maximum atomic E-state index is 12.8. The predicted octanol–water partition coefficient (Wildman–Crippen LogP) is 2.95. The molecule has 1 aliphatic heterocycles. The number of nitrogens with zero attached hydrogens (tertiary/aromatic N) is 1. The standard InChI is InChI=1S/C22H23N3O3/c1-14-6-7-19-18(10-14)15(13-24-19)8-9-23-20-12-21(26)25(22(20)27)16-4-3-5-17(11-16)28-2/h3-7,10-11,13,20,23-24H,8-9,12H2,1-2H3/t20-/m0/s1. The lowest BCUT2D eigenvalue weighted by atomic mass is 10.1. The molecule has 0 aliphatic carbocycles. The number of anilines is 1. The van der Waals surface area contributed by atoms with E-state index in [1.54, 1.807) is 31.4 Å². The van der Waals surface area contributed by atoms with Crippen molar-refractivity contribution in [3.8, 4) is 5.75 Å². The number of benzene rings is 2. The van der Waals surface area contributed by atoms with Crippen molar-refractivity contribution in [1.29, 1.82) is 0 Å². The summed E-state index contributed by atoms with van der Waals surface area (Å²) >= 11 is 0. The largest absolute Gasteiger partial charge is 0.497 e. The van der Waals surface area contributed by atoms with Crippen LogP contribution in [-0.4, -0.2) is 36.5 Å². The molecule has 1 fully saturated rings. The van der Waals surface area contributed by atoms with Gasteiger partial charge in [0.15, 0.2) is 0 Å². The number of aromatic nitrogens is 1. The topological polar surface area (TPSA) is 74.4 Å². The van der Waals surface area contributed by atoms with Gasteiger partial charge in [0.25, 0.3) is 5.91 Å². The maximum Gasteiger partial charge on any atom is 0.251 e. The van der Waals surface area contributed by atoms with Crippen molar-refractivity contribution in [3.05, 3.63) is 59.8 Å². The SMILES string of the molecule is COc1cccc(N2C(=O)C[C@H](NCCc3c[nH]c4ccc(C)cc34)C2=O)c1. The first-order chi connectivity index (χ1) is 13.6. The van der Waals surface area contributed by atoms with E-state index in [2.05, 4.69) is 35.4 Å². The van der Waals surface area contributed by atoms with E-state index in [1.165, 1.54) is 21.4 Å². The first-order valence-electron chi connectivity index (χ1n) is 9.37. The van der Waals surface area contributed by atoms with Crippen molar-refractivity contribution in [1.82, 2.24) is 10.3 Å². The van der Waals surface area contributed by atoms with Crippen molar-refractivity contribution in [2.45, 2.75) is 25.8 Å². The van der Waals surface area contributed by atoms with Gasteiger partial charge in [-0.15, -0.1) is 0 Å². The summed E-state index contributed by atoms with van der Waals surface area (Å²) in [5.41, 5.74) is 4.07. The van der Waals surface area contributed by atoms with Crippen LogP contribution in [0.25, 0.3) is 10.9 Å². The minimum atomic E-state index is -0.495. The molecule has 2 aromatic carbocycles. The Balaban J connectivity index is 1.42. The Morgan fingerprint density at radius 2 is 2.07 bits per heavy atom. The zero-order valence-corrected chi connectivity index (χ0v) is 16.0. The number of carbonyl (C=O) groups excluding carboxylic acids is 2. The van der Waals surface area contributed by atoms with Crippen LogP contribution in [0.2, 0.25) is 0 Å². The number of fused-ring (bicyclic) bond motifs is 1. The molecular weight excluding hydrogens is 354 g/mol. The Bertz CT molecular complexity index is 1040. The molecule has 28 heavy (non-hydrogen) atoms. The second-order valence-corrected chi connectivity index (χ2v) is 7.09. The van der Waals surface area contributed by atoms with Crippen molar-refractivity contribution in [3.63, 3.8) is 0 Å². The summed E-state index contributed by atoms with van der Waals surface area (Å²) in [6.07, 6.45) is 2.96. The minimum absolute atomic E-state index is 0.170. The molecule has 1 aromatic heterocycles. The number of methoxy groups -OCH3 is 1. The summed E-state index contributed by atoms with van der Waals surface area (Å²) in [5.74, 6) is 0.204. The van der Waals surface area contributed by atoms with Crippen LogP contribution in [0.4, 0.5) is 5.69 Å². The second kappa shape index (κ2) is 7.48. The number of hydrogen-bond donors (Lipinski definition) is 2. The third-order valence-corrected chi connectivity index (χ3v) is 5.17. The third-order valence-electron chi connectivity index (χ3n) is 5.17. The van der Waals surface area contributed by atoms with Gasteiger partial charge in [0, 0.05) is 29.7 Å². The Labute approximate surface area is 163 Å². The molecule has 0 unspecified atom stereocenters. The number of carbonyl (C=O) groups is 2. The molecule has 1 aliphatic rings. The first-order valence-corrected chi connectivity index (χ1v) is 9.37. The molecule has 6 nitrogen and oxygen atoms in total. The van der Waals surface area contributed by atoms with Crippen LogP contribution in [0.1, 0.15) is 17.5 Å². The Morgan fingerprint density at radius 3 is 2.89 bits per heavy atom. The molecule has 2 heterocycles. The molecule has 4 rings (SSSR count). The third kappa shape index (κ3) is 3.39. The van der Waals surface area contributed by atoms with E-state index in [-0.39, 0.29) is 18.2 Å². The molecule has 2 amide bonds. The summed E-state index contributed by atoms with van der Waals surface area (Å²) in [6, 6.07) is 12.8. The lowest BCUT2D eigenvalue weighted by Crippen LogP contribution is -2.39. The molecule has 0 bridgehead atoms. The van der Waals surface area contributed by atoms with Gasteiger partial charge >= 0.3 is 0 Å². The zero-order chi connectivity index (χ0) is 19.7. The van der Waals surface area contributed by atoms with Gasteiger partial charge in [-0.1, -0.05) is 17.7 Å². The van der Waals surface area contributed by atoms with Gasteiger partial charge in [-0.3, -0.25) is 9.59 Å². The highest BCUT2D eigenvalue weighted by atomic mass is 16.5. The highest BCUT2D eigenvalue weighted by molar-refractivity contribution is 6.22. The number of ether oxygens (including phenoxy) is 1. The van der Waals surface area contributed by atoms with E-state index in [9.17, 15) is 9.59 Å². The zero-order valence-electron chi connectivity index (χ0n) is 16.0. The van der Waals surface area contributed by atoms with Crippen molar-refractivity contribution < 1.29 is 14.3 Å². The smallest absolute Gasteiger partial charge is 0.251 e. The molecular formula is C22H23N3O3. The van der Waals surface area contributed by atoms with E-state index in [4.69, 9.17) is 4.74 Å². The molecule has 1 atom stereocenters. The highest BCUT2D eigenvalue weighted by Crippen LogP contribution is 2.26. The van der Waals surface area contributed by atoms with Crippen molar-refractivity contribution >= 4 is 28.4 Å². The molecule has 6 heteroatoms. The van der Waals surface area contributed by atoms with Crippen LogP contribution in [0.5, 0.6) is 5.75 Å². The minimum Gasteiger partial charge on any atom is -0.497 e. The number of amides is 2. The molecule has 144 valence electrons. The number of aromatic amines is 1. The van der Waals surface area contributed by atoms with Crippen LogP contribution in [0.3, 0.4) is 0 Å². The van der Waals surface area contributed by atoms with Crippen LogP contribution >= 0.6 is 0 Å².